The second-order valence-corrected chi connectivity index (χ2v) is 8.54. The average molecular weight is 425 g/mol. The van der Waals surface area contributed by atoms with Gasteiger partial charge in [0.05, 0.1) is 5.56 Å². The molecule has 2 aromatic carbocycles. The summed E-state index contributed by atoms with van der Waals surface area (Å²) in [6.07, 6.45) is 2.09. The van der Waals surface area contributed by atoms with E-state index in [2.05, 4.69) is 62.9 Å². The molecule has 0 aliphatic carbocycles. The van der Waals surface area contributed by atoms with Gasteiger partial charge < -0.3 is 20.4 Å². The van der Waals surface area contributed by atoms with E-state index in [1.165, 1.54) is 0 Å². The number of anilines is 4. The number of para-hydroxylation sites is 2. The van der Waals surface area contributed by atoms with Crippen LogP contribution in [0, 0.1) is 11.3 Å². The van der Waals surface area contributed by atoms with Gasteiger partial charge in [-0.15, -0.1) is 0 Å². The fourth-order valence-electron chi connectivity index (χ4n) is 4.64. The molecule has 2 aliphatic rings. The predicted molar refractivity (Wildman–Crippen MR) is 130 cm³/mol. The normalized spacial score (nSPS) is 20.2. The van der Waals surface area contributed by atoms with Crippen LogP contribution >= 0.6 is 0 Å². The molecule has 0 amide bonds. The number of nitrogens with one attached hydrogen (secondary N) is 2. The molecule has 2 fully saturated rings. The molecule has 2 atom stereocenters. The summed E-state index contributed by atoms with van der Waals surface area (Å²) in [7, 11) is 0. The lowest BCUT2D eigenvalue weighted by Crippen LogP contribution is -2.29. The molecule has 0 saturated carbocycles. The minimum absolute atomic E-state index is 0.348. The summed E-state index contributed by atoms with van der Waals surface area (Å²) in [5, 5.41) is 16.9. The van der Waals surface area contributed by atoms with Gasteiger partial charge >= 0.3 is 0 Å². The first-order valence-corrected chi connectivity index (χ1v) is 11.3. The molecule has 32 heavy (non-hydrogen) atoms. The van der Waals surface area contributed by atoms with Gasteiger partial charge in [0.25, 0.3) is 0 Å². The average Bonchev–Trinajstić information content (AvgIpc) is 3.50. The van der Waals surface area contributed by atoms with Gasteiger partial charge in [0.15, 0.2) is 0 Å². The summed E-state index contributed by atoms with van der Waals surface area (Å²) in [6, 6.07) is 27.7. The Bertz CT molecular complexity index is 1080. The Kier molecular flexibility index (Phi) is 5.80. The number of rotatable bonds is 6. The number of nitriles is 1. The van der Waals surface area contributed by atoms with Crippen molar-refractivity contribution in [1.82, 2.24) is 4.98 Å². The molecule has 3 aromatic rings. The summed E-state index contributed by atoms with van der Waals surface area (Å²) < 4.78 is 0. The van der Waals surface area contributed by atoms with Crippen LogP contribution in [0.25, 0.3) is 0 Å². The molecule has 1 aromatic heterocycles. The fraction of sp³-hybridized carbons (Fsp3) is 0.308. The highest BCUT2D eigenvalue weighted by Crippen LogP contribution is 2.28. The summed E-state index contributed by atoms with van der Waals surface area (Å²) >= 11 is 0. The third-order valence-electron chi connectivity index (χ3n) is 6.27. The third-order valence-corrected chi connectivity index (χ3v) is 6.27. The molecule has 2 N–H and O–H groups in total. The highest BCUT2D eigenvalue weighted by molar-refractivity contribution is 5.60. The molecule has 6 nitrogen and oxygen atoms in total. The Morgan fingerprint density at radius 2 is 1.31 bits per heavy atom. The van der Waals surface area contributed by atoms with Crippen LogP contribution < -0.4 is 20.4 Å². The highest BCUT2D eigenvalue weighted by Gasteiger charge is 2.28. The Hall–Kier alpha value is -3.72. The van der Waals surface area contributed by atoms with Crippen LogP contribution in [0.2, 0.25) is 0 Å². The van der Waals surface area contributed by atoms with E-state index in [4.69, 9.17) is 4.98 Å². The molecule has 5 rings (SSSR count). The number of benzene rings is 2. The van der Waals surface area contributed by atoms with Crippen molar-refractivity contribution in [2.24, 2.45) is 0 Å². The summed E-state index contributed by atoms with van der Waals surface area (Å²) in [5.74, 6) is 1.76. The van der Waals surface area contributed by atoms with Crippen molar-refractivity contribution in [3.8, 4) is 6.07 Å². The lowest BCUT2D eigenvalue weighted by atomic mass is 10.2. The molecule has 0 spiro atoms. The first-order chi connectivity index (χ1) is 15.8. The van der Waals surface area contributed by atoms with Crippen LogP contribution in [0.4, 0.5) is 23.0 Å². The van der Waals surface area contributed by atoms with Crippen molar-refractivity contribution in [3.63, 3.8) is 0 Å². The second kappa shape index (κ2) is 9.19. The molecule has 2 unspecified atom stereocenters. The van der Waals surface area contributed by atoms with Crippen molar-refractivity contribution in [1.29, 1.82) is 5.26 Å². The van der Waals surface area contributed by atoms with Gasteiger partial charge in [0, 0.05) is 49.6 Å². The van der Waals surface area contributed by atoms with Gasteiger partial charge in [-0.25, -0.2) is 4.98 Å². The lowest BCUT2D eigenvalue weighted by Gasteiger charge is -2.23. The quantitative estimate of drug-likeness (QED) is 0.614. The largest absolute Gasteiger partial charge is 0.380 e. The minimum Gasteiger partial charge on any atom is -0.380 e. The monoisotopic (exact) mass is 424 g/mol. The number of hydrogen-bond donors (Lipinski definition) is 2. The lowest BCUT2D eigenvalue weighted by molar-refractivity contribution is 0.804. The molecule has 2 saturated heterocycles. The number of aromatic nitrogens is 1. The zero-order valence-corrected chi connectivity index (χ0v) is 18.1. The first-order valence-electron chi connectivity index (χ1n) is 11.3. The van der Waals surface area contributed by atoms with Gasteiger partial charge in [-0.05, 0) is 49.2 Å². The molecule has 0 radical (unpaired) electrons. The Balaban J connectivity index is 1.27. The van der Waals surface area contributed by atoms with Crippen LogP contribution in [0.1, 0.15) is 18.4 Å². The summed E-state index contributed by atoms with van der Waals surface area (Å²) in [4.78, 5) is 9.53. The van der Waals surface area contributed by atoms with Gasteiger partial charge in [0.1, 0.15) is 17.7 Å². The van der Waals surface area contributed by atoms with Crippen molar-refractivity contribution >= 4 is 23.0 Å². The van der Waals surface area contributed by atoms with E-state index < -0.39 is 0 Å². The number of nitrogens with zero attached hydrogens (tertiary/aromatic N) is 4. The maximum Gasteiger partial charge on any atom is 0.149 e. The van der Waals surface area contributed by atoms with E-state index in [1.807, 2.05) is 36.4 Å². The van der Waals surface area contributed by atoms with Crippen molar-refractivity contribution in [2.45, 2.75) is 24.9 Å². The van der Waals surface area contributed by atoms with Gasteiger partial charge in [-0.3, -0.25) is 0 Å². The zero-order valence-electron chi connectivity index (χ0n) is 18.1. The smallest absolute Gasteiger partial charge is 0.149 e. The van der Waals surface area contributed by atoms with E-state index in [-0.39, 0.29) is 0 Å². The van der Waals surface area contributed by atoms with Crippen LogP contribution in [0.15, 0.2) is 72.8 Å². The molecule has 2 aliphatic heterocycles. The topological polar surface area (TPSA) is 67.2 Å². The standard InChI is InChI=1S/C26H28N6/c27-17-20-11-12-25(31-15-13-23(18-31)28-21-7-3-1-4-8-21)30-26(20)32-16-14-24(19-32)29-22-9-5-2-6-10-22/h1-12,23-24,28-29H,13-16,18-19H2. The van der Waals surface area contributed by atoms with Gasteiger partial charge in [-0.1, -0.05) is 36.4 Å². The van der Waals surface area contributed by atoms with Crippen LogP contribution in [0.3, 0.4) is 0 Å². The molecular formula is C26H28N6. The summed E-state index contributed by atoms with van der Waals surface area (Å²) in [5.41, 5.74) is 2.93. The Labute approximate surface area is 189 Å². The summed E-state index contributed by atoms with van der Waals surface area (Å²) in [6.45, 7) is 3.61. The van der Waals surface area contributed by atoms with E-state index in [9.17, 15) is 5.26 Å². The van der Waals surface area contributed by atoms with Crippen molar-refractivity contribution in [2.75, 3.05) is 46.6 Å². The Morgan fingerprint density at radius 3 is 1.91 bits per heavy atom. The van der Waals surface area contributed by atoms with Crippen molar-refractivity contribution < 1.29 is 0 Å². The first kappa shape index (κ1) is 20.2. The second-order valence-electron chi connectivity index (χ2n) is 8.54. The van der Waals surface area contributed by atoms with E-state index in [1.54, 1.807) is 0 Å². The van der Waals surface area contributed by atoms with Gasteiger partial charge in [-0.2, -0.15) is 5.26 Å². The fourth-order valence-corrected chi connectivity index (χ4v) is 4.64. The predicted octanol–water partition coefficient (Wildman–Crippen LogP) is 4.33. The van der Waals surface area contributed by atoms with Crippen LogP contribution in [0.5, 0.6) is 0 Å². The molecule has 3 heterocycles. The van der Waals surface area contributed by atoms with E-state index in [0.29, 0.717) is 17.6 Å². The van der Waals surface area contributed by atoms with Crippen molar-refractivity contribution in [3.05, 3.63) is 78.4 Å². The SMILES string of the molecule is N#Cc1ccc(N2CCC(Nc3ccccc3)C2)nc1N1CCC(Nc2ccccc2)C1. The number of hydrogen-bond acceptors (Lipinski definition) is 6. The third kappa shape index (κ3) is 4.47. The molecule has 0 bridgehead atoms. The zero-order chi connectivity index (χ0) is 21.8. The number of pyridine rings is 1. The maximum absolute atomic E-state index is 9.69. The van der Waals surface area contributed by atoms with E-state index >= 15 is 0 Å². The Morgan fingerprint density at radius 1 is 0.750 bits per heavy atom. The molecular weight excluding hydrogens is 396 g/mol. The molecule has 162 valence electrons. The maximum atomic E-state index is 9.69. The van der Waals surface area contributed by atoms with E-state index in [0.717, 1.165) is 62.0 Å². The molecule has 6 heteroatoms. The van der Waals surface area contributed by atoms with Crippen LogP contribution in [-0.2, 0) is 0 Å². The van der Waals surface area contributed by atoms with Crippen LogP contribution in [-0.4, -0.2) is 43.2 Å². The van der Waals surface area contributed by atoms with Gasteiger partial charge in [0.2, 0.25) is 0 Å². The minimum atomic E-state index is 0.348. The highest BCUT2D eigenvalue weighted by atomic mass is 15.3.